The molecule has 3 aromatic rings. The van der Waals surface area contributed by atoms with Crippen molar-refractivity contribution in [3.63, 3.8) is 0 Å². The van der Waals surface area contributed by atoms with Crippen molar-refractivity contribution in [1.29, 1.82) is 0 Å². The molecule has 0 N–H and O–H groups in total. The molecule has 162 valence electrons. The first-order valence-electron chi connectivity index (χ1n) is 10.7. The number of aryl methyl sites for hydroxylation is 1. The van der Waals surface area contributed by atoms with E-state index in [1.807, 2.05) is 23.0 Å². The summed E-state index contributed by atoms with van der Waals surface area (Å²) < 4.78 is 12.5. The number of benzene rings is 2. The molecule has 6 heteroatoms. The quantitative estimate of drug-likeness (QED) is 0.535. The average Bonchev–Trinajstić information content (AvgIpc) is 3.34. The molecule has 1 saturated heterocycles. The summed E-state index contributed by atoms with van der Waals surface area (Å²) in [6.07, 6.45) is 5.67. The number of methoxy groups -OCH3 is 2. The van der Waals surface area contributed by atoms with E-state index in [0.717, 1.165) is 38.2 Å². The van der Waals surface area contributed by atoms with Gasteiger partial charge in [-0.15, -0.1) is 0 Å². The molecule has 1 aliphatic heterocycles. The number of hydrogen-bond donors (Lipinski definition) is 0. The minimum atomic E-state index is -0.00416. The molecule has 2 heterocycles. The number of ketones is 1. The number of rotatable bonds is 7. The molecule has 0 amide bonds. The normalized spacial score (nSPS) is 16.8. The number of carbonyl (C=O) groups is 1. The molecule has 4 rings (SSSR count). The van der Waals surface area contributed by atoms with Crippen molar-refractivity contribution in [3.8, 4) is 17.2 Å². The highest BCUT2D eigenvalue weighted by Crippen LogP contribution is 2.30. The van der Waals surface area contributed by atoms with Gasteiger partial charge < -0.3 is 9.47 Å². The fourth-order valence-electron chi connectivity index (χ4n) is 4.30. The molecule has 0 spiro atoms. The summed E-state index contributed by atoms with van der Waals surface area (Å²) >= 11 is 0. The third kappa shape index (κ3) is 4.64. The van der Waals surface area contributed by atoms with E-state index in [-0.39, 0.29) is 11.7 Å². The molecule has 6 nitrogen and oxygen atoms in total. The first-order valence-corrected chi connectivity index (χ1v) is 10.7. The average molecular weight is 420 g/mol. The Morgan fingerprint density at radius 1 is 1.13 bits per heavy atom. The SMILES string of the molecule is COc1ccc(C(=O)[C@@H]2CCCN(Cc3ccc(-n4cccn4)cc3C)C2)cc1OC. The van der Waals surface area contributed by atoms with Crippen molar-refractivity contribution in [2.75, 3.05) is 27.3 Å². The molecule has 1 aromatic heterocycles. The number of carbonyl (C=O) groups excluding carboxylic acids is 1. The maximum absolute atomic E-state index is 13.2. The third-order valence-corrected chi connectivity index (χ3v) is 6.03. The molecule has 2 aromatic carbocycles. The van der Waals surface area contributed by atoms with Crippen molar-refractivity contribution < 1.29 is 14.3 Å². The largest absolute Gasteiger partial charge is 0.493 e. The molecule has 0 aliphatic carbocycles. The van der Waals surface area contributed by atoms with Gasteiger partial charge >= 0.3 is 0 Å². The number of piperidine rings is 1. The maximum atomic E-state index is 13.2. The number of ether oxygens (including phenoxy) is 2. The Balaban J connectivity index is 1.45. The first kappa shape index (κ1) is 21.1. The smallest absolute Gasteiger partial charge is 0.167 e. The van der Waals surface area contributed by atoms with Gasteiger partial charge in [-0.2, -0.15) is 5.10 Å². The van der Waals surface area contributed by atoms with Crippen LogP contribution in [0.1, 0.15) is 34.3 Å². The van der Waals surface area contributed by atoms with Gasteiger partial charge in [0.05, 0.1) is 19.9 Å². The van der Waals surface area contributed by atoms with E-state index >= 15 is 0 Å². The maximum Gasteiger partial charge on any atom is 0.167 e. The fourth-order valence-corrected chi connectivity index (χ4v) is 4.30. The van der Waals surface area contributed by atoms with Crippen LogP contribution in [0.2, 0.25) is 0 Å². The Morgan fingerprint density at radius 3 is 2.68 bits per heavy atom. The van der Waals surface area contributed by atoms with Crippen molar-refractivity contribution in [1.82, 2.24) is 14.7 Å². The fraction of sp³-hybridized carbons (Fsp3) is 0.360. The molecular weight excluding hydrogens is 390 g/mol. The van der Waals surface area contributed by atoms with Gasteiger partial charge in [0.1, 0.15) is 0 Å². The lowest BCUT2D eigenvalue weighted by atomic mass is 9.89. The van der Waals surface area contributed by atoms with Crippen molar-refractivity contribution >= 4 is 5.78 Å². The van der Waals surface area contributed by atoms with E-state index < -0.39 is 0 Å². The van der Waals surface area contributed by atoms with E-state index in [1.165, 1.54) is 11.1 Å². The Hall–Kier alpha value is -3.12. The van der Waals surface area contributed by atoms with E-state index in [9.17, 15) is 4.79 Å². The topological polar surface area (TPSA) is 56.6 Å². The summed E-state index contributed by atoms with van der Waals surface area (Å²) in [6, 6.07) is 13.8. The highest BCUT2D eigenvalue weighted by molar-refractivity contribution is 5.98. The summed E-state index contributed by atoms with van der Waals surface area (Å²) in [5.74, 6) is 1.40. The van der Waals surface area contributed by atoms with Crippen LogP contribution in [0, 0.1) is 12.8 Å². The van der Waals surface area contributed by atoms with E-state index in [1.54, 1.807) is 32.5 Å². The van der Waals surface area contributed by atoms with E-state index in [0.29, 0.717) is 17.1 Å². The highest BCUT2D eigenvalue weighted by Gasteiger charge is 2.27. The molecule has 0 saturated carbocycles. The van der Waals surface area contributed by atoms with Gasteiger partial charge in [0.2, 0.25) is 0 Å². The van der Waals surface area contributed by atoms with Gasteiger partial charge in [0.25, 0.3) is 0 Å². The van der Waals surface area contributed by atoms with Crippen LogP contribution in [0.3, 0.4) is 0 Å². The molecule has 1 atom stereocenters. The second-order valence-corrected chi connectivity index (χ2v) is 8.07. The van der Waals surface area contributed by atoms with Crippen LogP contribution in [0.4, 0.5) is 0 Å². The number of nitrogens with zero attached hydrogens (tertiary/aromatic N) is 3. The van der Waals surface area contributed by atoms with Crippen LogP contribution in [-0.4, -0.2) is 47.8 Å². The molecule has 0 unspecified atom stereocenters. The zero-order valence-electron chi connectivity index (χ0n) is 18.4. The molecule has 0 radical (unpaired) electrons. The lowest BCUT2D eigenvalue weighted by Gasteiger charge is -2.32. The lowest BCUT2D eigenvalue weighted by Crippen LogP contribution is -2.38. The van der Waals surface area contributed by atoms with E-state index in [2.05, 4.69) is 35.1 Å². The van der Waals surface area contributed by atoms with Gasteiger partial charge in [0, 0.05) is 37.0 Å². The number of likely N-dealkylation sites (tertiary alicyclic amines) is 1. The predicted octanol–water partition coefficient (Wildman–Crippen LogP) is 4.29. The Kier molecular flexibility index (Phi) is 6.37. The van der Waals surface area contributed by atoms with Crippen molar-refractivity contribution in [2.24, 2.45) is 5.92 Å². The Bertz CT molecular complexity index is 1050. The number of Topliss-reactive ketones (excluding diaryl/α,β-unsaturated/α-hetero) is 1. The lowest BCUT2D eigenvalue weighted by molar-refractivity contribution is 0.0811. The Morgan fingerprint density at radius 2 is 1.97 bits per heavy atom. The van der Waals surface area contributed by atoms with Crippen LogP contribution < -0.4 is 9.47 Å². The minimum Gasteiger partial charge on any atom is -0.493 e. The van der Waals surface area contributed by atoms with Gasteiger partial charge in [-0.1, -0.05) is 6.07 Å². The van der Waals surface area contributed by atoms with Gasteiger partial charge in [-0.3, -0.25) is 9.69 Å². The standard InChI is InChI=1S/C25H29N3O3/c1-18-14-22(28-13-5-11-26-28)9-7-20(18)16-27-12-4-6-21(17-27)25(29)19-8-10-23(30-2)24(15-19)31-3/h5,7-11,13-15,21H,4,6,12,16-17H2,1-3H3/t21-/m1/s1. The van der Waals surface area contributed by atoms with Crippen LogP contribution >= 0.6 is 0 Å². The molecule has 1 fully saturated rings. The summed E-state index contributed by atoms with van der Waals surface area (Å²) in [6.45, 7) is 4.77. The monoisotopic (exact) mass is 419 g/mol. The molecule has 0 bridgehead atoms. The predicted molar refractivity (Wildman–Crippen MR) is 120 cm³/mol. The van der Waals surface area contributed by atoms with Gasteiger partial charge in [-0.25, -0.2) is 4.68 Å². The van der Waals surface area contributed by atoms with Crippen LogP contribution in [0.5, 0.6) is 11.5 Å². The summed E-state index contributed by atoms with van der Waals surface area (Å²) in [5.41, 5.74) is 4.27. The Labute approximate surface area is 183 Å². The zero-order valence-corrected chi connectivity index (χ0v) is 18.4. The van der Waals surface area contributed by atoms with Gasteiger partial charge in [-0.05, 0) is 73.8 Å². The summed E-state index contributed by atoms with van der Waals surface area (Å²) in [7, 11) is 3.19. The third-order valence-electron chi connectivity index (χ3n) is 6.03. The van der Waals surface area contributed by atoms with E-state index in [4.69, 9.17) is 9.47 Å². The summed E-state index contributed by atoms with van der Waals surface area (Å²) in [4.78, 5) is 15.6. The van der Waals surface area contributed by atoms with Crippen molar-refractivity contribution in [3.05, 3.63) is 71.5 Å². The number of hydrogen-bond acceptors (Lipinski definition) is 5. The number of aromatic nitrogens is 2. The minimum absolute atomic E-state index is 0.00416. The van der Waals surface area contributed by atoms with Crippen LogP contribution in [-0.2, 0) is 6.54 Å². The van der Waals surface area contributed by atoms with Gasteiger partial charge in [0.15, 0.2) is 17.3 Å². The molecular formula is C25H29N3O3. The molecule has 1 aliphatic rings. The highest BCUT2D eigenvalue weighted by atomic mass is 16.5. The zero-order chi connectivity index (χ0) is 21.8. The summed E-state index contributed by atoms with van der Waals surface area (Å²) in [5, 5.41) is 4.31. The molecule has 31 heavy (non-hydrogen) atoms. The van der Waals surface area contributed by atoms with Crippen LogP contribution in [0.15, 0.2) is 54.9 Å². The first-order chi connectivity index (χ1) is 15.1. The van der Waals surface area contributed by atoms with Crippen LogP contribution in [0.25, 0.3) is 5.69 Å². The second kappa shape index (κ2) is 9.35. The van der Waals surface area contributed by atoms with Crippen molar-refractivity contribution in [2.45, 2.75) is 26.3 Å². The second-order valence-electron chi connectivity index (χ2n) is 8.07.